The van der Waals surface area contributed by atoms with Crippen LogP contribution in [0.2, 0.25) is 0 Å². The van der Waals surface area contributed by atoms with Gasteiger partial charge in [-0.3, -0.25) is 0 Å². The minimum Gasteiger partial charge on any atom is -0.500 e. The maximum Gasteiger partial charge on any atom is 0.0999 e. The number of rotatable bonds is 8. The summed E-state index contributed by atoms with van der Waals surface area (Å²) < 4.78 is 5.69. The molecule has 0 aromatic rings. The number of hydrogen-bond donors (Lipinski definition) is 2. The Morgan fingerprint density at radius 1 is 1.35 bits per heavy atom. The molecule has 2 aliphatic rings. The highest BCUT2D eigenvalue weighted by Crippen LogP contribution is 2.50. The molecule has 146 valence electrons. The Bertz CT molecular complexity index is 557. The van der Waals surface area contributed by atoms with Gasteiger partial charge in [0.2, 0.25) is 0 Å². The van der Waals surface area contributed by atoms with Gasteiger partial charge in [0, 0.05) is 18.9 Å². The number of allylic oxidation sites excluding steroid dienone is 1. The fourth-order valence-corrected chi connectivity index (χ4v) is 4.10. The molecule has 0 unspecified atom stereocenters. The van der Waals surface area contributed by atoms with Gasteiger partial charge in [0.05, 0.1) is 25.1 Å². The van der Waals surface area contributed by atoms with Gasteiger partial charge >= 0.3 is 0 Å². The lowest BCUT2D eigenvalue weighted by Gasteiger charge is -2.19. The van der Waals surface area contributed by atoms with Crippen LogP contribution >= 0.6 is 0 Å². The number of ether oxygens (including phenoxy) is 1. The highest BCUT2D eigenvalue weighted by atomic mass is 16.5. The molecule has 2 N–H and O–H groups in total. The standard InChI is InChI=1S/C22H35NO3/c1-5-6-7-16(2)21(24)9-8-19-20-13-17(12-18(20)14-22(19)25)15-26-11-10-23(3)4/h8-9,15-16,18-22,24-25H,7,10-14H2,1-4H3/t16-,18-,19+,20-,21+,22+/m0/s1. The van der Waals surface area contributed by atoms with Gasteiger partial charge in [-0.15, -0.1) is 11.8 Å². The molecule has 4 nitrogen and oxygen atoms in total. The van der Waals surface area contributed by atoms with Crippen molar-refractivity contribution in [2.75, 3.05) is 27.2 Å². The van der Waals surface area contributed by atoms with Crippen molar-refractivity contribution in [3.63, 3.8) is 0 Å². The van der Waals surface area contributed by atoms with Crippen molar-refractivity contribution in [1.82, 2.24) is 4.90 Å². The molecule has 0 heterocycles. The van der Waals surface area contributed by atoms with Crippen LogP contribution in [0.1, 0.15) is 39.5 Å². The fourth-order valence-electron chi connectivity index (χ4n) is 4.10. The molecule has 0 aliphatic heterocycles. The molecule has 2 fully saturated rings. The molecule has 0 saturated heterocycles. The maximum absolute atomic E-state index is 10.4. The smallest absolute Gasteiger partial charge is 0.0999 e. The summed E-state index contributed by atoms with van der Waals surface area (Å²) >= 11 is 0. The monoisotopic (exact) mass is 361 g/mol. The summed E-state index contributed by atoms with van der Waals surface area (Å²) in [5, 5.41) is 20.7. The van der Waals surface area contributed by atoms with Crippen molar-refractivity contribution < 1.29 is 14.9 Å². The highest BCUT2D eigenvalue weighted by Gasteiger charge is 2.45. The van der Waals surface area contributed by atoms with Gasteiger partial charge < -0.3 is 19.8 Å². The van der Waals surface area contributed by atoms with E-state index in [9.17, 15) is 10.2 Å². The molecule has 0 aromatic heterocycles. The Hall–Kier alpha value is -1.28. The second-order valence-electron chi connectivity index (χ2n) is 8.15. The summed E-state index contributed by atoms with van der Waals surface area (Å²) in [7, 11) is 4.08. The van der Waals surface area contributed by atoms with E-state index in [-0.39, 0.29) is 17.9 Å². The zero-order valence-electron chi connectivity index (χ0n) is 16.7. The van der Waals surface area contributed by atoms with E-state index < -0.39 is 6.10 Å². The third-order valence-corrected chi connectivity index (χ3v) is 5.73. The van der Waals surface area contributed by atoms with Crippen LogP contribution in [-0.4, -0.2) is 54.6 Å². The summed E-state index contributed by atoms with van der Waals surface area (Å²) in [6.07, 6.45) is 8.61. The largest absolute Gasteiger partial charge is 0.500 e. The maximum atomic E-state index is 10.4. The van der Waals surface area contributed by atoms with E-state index >= 15 is 0 Å². The Morgan fingerprint density at radius 3 is 2.81 bits per heavy atom. The summed E-state index contributed by atoms with van der Waals surface area (Å²) in [5.74, 6) is 7.13. The van der Waals surface area contributed by atoms with Crippen molar-refractivity contribution in [3.05, 3.63) is 24.0 Å². The summed E-state index contributed by atoms with van der Waals surface area (Å²) in [6, 6.07) is 0. The van der Waals surface area contributed by atoms with Crippen LogP contribution in [0.3, 0.4) is 0 Å². The molecule has 26 heavy (non-hydrogen) atoms. The molecule has 2 rings (SSSR count). The van der Waals surface area contributed by atoms with E-state index in [1.54, 1.807) is 0 Å². The second-order valence-corrected chi connectivity index (χ2v) is 8.15. The Morgan fingerprint density at radius 2 is 2.12 bits per heavy atom. The van der Waals surface area contributed by atoms with E-state index in [4.69, 9.17) is 4.74 Å². The zero-order chi connectivity index (χ0) is 19.1. The number of aliphatic hydroxyl groups excluding tert-OH is 2. The third kappa shape index (κ3) is 5.87. The number of hydrogen-bond acceptors (Lipinski definition) is 4. The molecule has 6 atom stereocenters. The van der Waals surface area contributed by atoms with E-state index in [0.29, 0.717) is 24.9 Å². The van der Waals surface area contributed by atoms with Gasteiger partial charge in [0.15, 0.2) is 0 Å². The topological polar surface area (TPSA) is 52.9 Å². The van der Waals surface area contributed by atoms with Gasteiger partial charge in [0.25, 0.3) is 0 Å². The van der Waals surface area contributed by atoms with E-state index in [2.05, 4.69) is 16.7 Å². The van der Waals surface area contributed by atoms with E-state index in [1.807, 2.05) is 46.4 Å². The Kier molecular flexibility index (Phi) is 8.21. The molecule has 0 aromatic carbocycles. The molecule has 0 amide bonds. The molecule has 0 bridgehead atoms. The summed E-state index contributed by atoms with van der Waals surface area (Å²) in [4.78, 5) is 2.11. The molecular weight excluding hydrogens is 326 g/mol. The first-order chi connectivity index (χ1) is 12.4. The fraction of sp³-hybridized carbons (Fsp3) is 0.727. The van der Waals surface area contributed by atoms with Crippen molar-refractivity contribution in [2.24, 2.45) is 23.7 Å². The van der Waals surface area contributed by atoms with Crippen LogP contribution < -0.4 is 0 Å². The van der Waals surface area contributed by atoms with Crippen LogP contribution in [0.5, 0.6) is 0 Å². The van der Waals surface area contributed by atoms with Gasteiger partial charge in [-0.05, 0) is 63.6 Å². The van der Waals surface area contributed by atoms with Crippen molar-refractivity contribution >= 4 is 0 Å². The molecule has 2 aliphatic carbocycles. The lowest BCUT2D eigenvalue weighted by Crippen LogP contribution is -2.19. The average Bonchev–Trinajstić information content (AvgIpc) is 3.10. The molecule has 2 saturated carbocycles. The molecule has 0 spiro atoms. The number of likely N-dealkylation sites (N-methyl/N-ethyl adjacent to an activating group) is 1. The number of aliphatic hydroxyl groups is 2. The van der Waals surface area contributed by atoms with Crippen molar-refractivity contribution in [2.45, 2.75) is 51.7 Å². The minimum absolute atomic E-state index is 0.108. The minimum atomic E-state index is -0.507. The first-order valence-corrected chi connectivity index (χ1v) is 9.80. The van der Waals surface area contributed by atoms with Gasteiger partial charge in [0.1, 0.15) is 0 Å². The molecule has 0 radical (unpaired) electrons. The zero-order valence-corrected chi connectivity index (χ0v) is 16.7. The average molecular weight is 362 g/mol. The van der Waals surface area contributed by atoms with Crippen LogP contribution in [0.4, 0.5) is 0 Å². The van der Waals surface area contributed by atoms with Crippen LogP contribution in [0.25, 0.3) is 0 Å². The SMILES string of the molecule is CC#CC[C@H](C)[C@H](O)C=C[C@@H]1[C@H]2CC(=COCCN(C)C)C[C@H]2C[C@H]1O. The molecule has 4 heteroatoms. The van der Waals surface area contributed by atoms with Crippen LogP contribution in [-0.2, 0) is 4.74 Å². The second kappa shape index (κ2) is 10.2. The van der Waals surface area contributed by atoms with E-state index in [0.717, 1.165) is 25.8 Å². The Balaban J connectivity index is 1.89. The summed E-state index contributed by atoms with van der Waals surface area (Å²) in [5.41, 5.74) is 1.36. The van der Waals surface area contributed by atoms with Crippen LogP contribution in [0, 0.1) is 35.5 Å². The Labute approximate surface area is 158 Å². The highest BCUT2D eigenvalue weighted by molar-refractivity contribution is 5.17. The summed E-state index contributed by atoms with van der Waals surface area (Å²) in [6.45, 7) is 5.45. The van der Waals surface area contributed by atoms with Gasteiger partial charge in [-0.25, -0.2) is 0 Å². The first kappa shape index (κ1) is 21.0. The first-order valence-electron chi connectivity index (χ1n) is 9.80. The number of nitrogens with zero attached hydrogens (tertiary/aromatic N) is 1. The van der Waals surface area contributed by atoms with Crippen molar-refractivity contribution in [1.29, 1.82) is 0 Å². The number of fused-ring (bicyclic) bond motifs is 1. The third-order valence-electron chi connectivity index (χ3n) is 5.73. The van der Waals surface area contributed by atoms with Crippen molar-refractivity contribution in [3.8, 4) is 11.8 Å². The normalized spacial score (nSPS) is 31.9. The predicted molar refractivity (Wildman–Crippen MR) is 105 cm³/mol. The molecular formula is C22H35NO3. The van der Waals surface area contributed by atoms with E-state index in [1.165, 1.54) is 5.57 Å². The lowest BCUT2D eigenvalue weighted by molar-refractivity contribution is 0.136. The van der Waals surface area contributed by atoms with Crippen LogP contribution in [0.15, 0.2) is 24.0 Å². The van der Waals surface area contributed by atoms with Gasteiger partial charge in [-0.2, -0.15) is 0 Å². The quantitative estimate of drug-likeness (QED) is 0.302. The predicted octanol–water partition coefficient (Wildman–Crippen LogP) is 2.82. The lowest BCUT2D eigenvalue weighted by atomic mass is 9.89. The van der Waals surface area contributed by atoms with Gasteiger partial charge in [-0.1, -0.05) is 19.1 Å².